The molecular weight excluding hydrogens is 473 g/mol. The molecule has 27 heavy (non-hydrogen) atoms. The molecule has 154 valence electrons. The van der Waals surface area contributed by atoms with Gasteiger partial charge in [-0.3, -0.25) is 4.99 Å². The van der Waals surface area contributed by atoms with Crippen molar-refractivity contribution in [3.8, 4) is 0 Å². The topological polar surface area (TPSA) is 54.9 Å². The highest BCUT2D eigenvalue weighted by molar-refractivity contribution is 14.0. The normalized spacial score (nSPS) is 16.8. The monoisotopic (exact) mass is 507 g/mol. The molecule has 2 N–H and O–H groups in total. The molecule has 1 unspecified atom stereocenters. The van der Waals surface area contributed by atoms with Gasteiger partial charge >= 0.3 is 0 Å². The van der Waals surface area contributed by atoms with E-state index in [0.29, 0.717) is 0 Å². The van der Waals surface area contributed by atoms with Gasteiger partial charge in [0.15, 0.2) is 5.96 Å². The van der Waals surface area contributed by atoms with Crippen molar-refractivity contribution in [2.75, 3.05) is 45.2 Å². The fourth-order valence-corrected chi connectivity index (χ4v) is 3.43. The number of aryl methyl sites for hydroxylation is 1. The van der Waals surface area contributed by atoms with Gasteiger partial charge < -0.3 is 20.1 Å². The first-order valence-corrected chi connectivity index (χ1v) is 10.8. The average molecular weight is 507 g/mol. The molecule has 0 aromatic heterocycles. The van der Waals surface area contributed by atoms with Crippen molar-refractivity contribution in [1.82, 2.24) is 10.6 Å². The molecule has 0 spiro atoms. The molecule has 0 saturated carbocycles. The van der Waals surface area contributed by atoms with Crippen LogP contribution in [-0.4, -0.2) is 57.3 Å². The maximum absolute atomic E-state index is 5.77. The summed E-state index contributed by atoms with van der Waals surface area (Å²) in [5, 5.41) is 6.70. The Morgan fingerprint density at radius 1 is 1.30 bits per heavy atom. The van der Waals surface area contributed by atoms with Crippen LogP contribution in [0.3, 0.4) is 0 Å². The van der Waals surface area contributed by atoms with Gasteiger partial charge in [-0.2, -0.15) is 11.8 Å². The predicted octanol–water partition coefficient (Wildman–Crippen LogP) is 3.60. The third kappa shape index (κ3) is 11.2. The first kappa shape index (κ1) is 24.5. The third-order valence-corrected chi connectivity index (χ3v) is 5.12. The summed E-state index contributed by atoms with van der Waals surface area (Å²) in [7, 11) is 0. The molecule has 0 amide bonds. The molecule has 1 aromatic carbocycles. The number of ether oxygens (including phenoxy) is 2. The van der Waals surface area contributed by atoms with Crippen LogP contribution >= 0.6 is 35.7 Å². The Bertz CT molecular complexity index is 522. The molecule has 2 rings (SSSR count). The molecule has 1 heterocycles. The zero-order chi connectivity index (χ0) is 18.5. The summed E-state index contributed by atoms with van der Waals surface area (Å²) in [6.07, 6.45) is 2.25. The van der Waals surface area contributed by atoms with Gasteiger partial charge in [0.1, 0.15) is 0 Å². The lowest BCUT2D eigenvalue weighted by Gasteiger charge is -2.12. The van der Waals surface area contributed by atoms with Crippen LogP contribution in [-0.2, 0) is 15.2 Å². The average Bonchev–Trinajstić information content (AvgIpc) is 3.16. The Labute approximate surface area is 185 Å². The van der Waals surface area contributed by atoms with Crippen molar-refractivity contribution in [1.29, 1.82) is 0 Å². The Kier molecular flexibility index (Phi) is 14.0. The van der Waals surface area contributed by atoms with Gasteiger partial charge in [-0.05, 0) is 32.3 Å². The van der Waals surface area contributed by atoms with Crippen LogP contribution in [0.4, 0.5) is 0 Å². The van der Waals surface area contributed by atoms with E-state index in [4.69, 9.17) is 9.47 Å². The molecule has 1 atom stereocenters. The Morgan fingerprint density at radius 2 is 2.11 bits per heavy atom. The van der Waals surface area contributed by atoms with Crippen LogP contribution in [0.2, 0.25) is 0 Å². The summed E-state index contributed by atoms with van der Waals surface area (Å²) < 4.78 is 11.1. The number of aliphatic imine (C=N–C) groups is 1. The predicted molar refractivity (Wildman–Crippen MR) is 127 cm³/mol. The summed E-state index contributed by atoms with van der Waals surface area (Å²) in [6.45, 7) is 9.11. The first-order valence-electron chi connectivity index (χ1n) is 9.62. The number of rotatable bonds is 11. The molecule has 1 saturated heterocycles. The highest BCUT2D eigenvalue weighted by atomic mass is 127. The Hall–Kier alpha value is -0.510. The van der Waals surface area contributed by atoms with Crippen molar-refractivity contribution < 1.29 is 9.47 Å². The van der Waals surface area contributed by atoms with Crippen LogP contribution in [0.15, 0.2) is 29.3 Å². The van der Waals surface area contributed by atoms with E-state index in [-0.39, 0.29) is 30.1 Å². The van der Waals surface area contributed by atoms with E-state index >= 15 is 0 Å². The standard InChI is InChI=1S/C20H33N3O2S.HI/c1-3-21-20(22-10-4-12-25-19-9-13-24-15-19)23-11-14-26-16-18-7-5-17(2)6-8-18;/h5-8,19H,3-4,9-16H2,1-2H3,(H2,21,22,23);1H. The smallest absolute Gasteiger partial charge is 0.191 e. The fraction of sp³-hybridized carbons (Fsp3) is 0.650. The minimum absolute atomic E-state index is 0. The van der Waals surface area contributed by atoms with Gasteiger partial charge in [0.05, 0.1) is 12.7 Å². The number of benzene rings is 1. The maximum Gasteiger partial charge on any atom is 0.191 e. The fourth-order valence-electron chi connectivity index (χ4n) is 2.61. The molecule has 1 aliphatic heterocycles. The quantitative estimate of drug-likeness (QED) is 0.208. The van der Waals surface area contributed by atoms with Gasteiger partial charge in [-0.25, -0.2) is 0 Å². The molecule has 7 heteroatoms. The number of nitrogens with one attached hydrogen (secondary N) is 2. The number of guanidine groups is 1. The van der Waals surface area contributed by atoms with E-state index in [9.17, 15) is 0 Å². The van der Waals surface area contributed by atoms with E-state index in [1.54, 1.807) is 0 Å². The van der Waals surface area contributed by atoms with E-state index in [0.717, 1.165) is 69.8 Å². The summed E-state index contributed by atoms with van der Waals surface area (Å²) in [5.41, 5.74) is 2.70. The summed E-state index contributed by atoms with van der Waals surface area (Å²) in [6, 6.07) is 8.77. The second-order valence-electron chi connectivity index (χ2n) is 6.44. The highest BCUT2D eigenvalue weighted by Gasteiger charge is 2.15. The van der Waals surface area contributed by atoms with Crippen LogP contribution in [0.5, 0.6) is 0 Å². The van der Waals surface area contributed by atoms with E-state index in [1.807, 2.05) is 11.8 Å². The summed E-state index contributed by atoms with van der Waals surface area (Å²) in [4.78, 5) is 4.62. The van der Waals surface area contributed by atoms with Crippen LogP contribution < -0.4 is 10.6 Å². The first-order chi connectivity index (χ1) is 12.8. The maximum atomic E-state index is 5.77. The van der Waals surface area contributed by atoms with Crippen LogP contribution in [0, 0.1) is 6.92 Å². The lowest BCUT2D eigenvalue weighted by molar-refractivity contribution is 0.0424. The van der Waals surface area contributed by atoms with E-state index in [1.165, 1.54) is 11.1 Å². The second-order valence-corrected chi connectivity index (χ2v) is 7.54. The minimum Gasteiger partial charge on any atom is -0.379 e. The van der Waals surface area contributed by atoms with Crippen LogP contribution in [0.25, 0.3) is 0 Å². The molecule has 0 aliphatic carbocycles. The molecular formula is C20H34IN3O2S. The molecule has 1 fully saturated rings. The van der Waals surface area contributed by atoms with Gasteiger partial charge in [0, 0.05) is 44.4 Å². The number of thioether (sulfide) groups is 1. The van der Waals surface area contributed by atoms with Crippen molar-refractivity contribution >= 4 is 41.7 Å². The number of nitrogens with zero attached hydrogens (tertiary/aromatic N) is 1. The Balaban J connectivity index is 0.00000364. The zero-order valence-corrected chi connectivity index (χ0v) is 19.7. The lowest BCUT2D eigenvalue weighted by atomic mass is 10.2. The van der Waals surface area contributed by atoms with Crippen molar-refractivity contribution in [3.63, 3.8) is 0 Å². The molecule has 0 radical (unpaired) electrons. The van der Waals surface area contributed by atoms with Gasteiger partial charge in [-0.15, -0.1) is 24.0 Å². The molecule has 5 nitrogen and oxygen atoms in total. The number of hydrogen-bond acceptors (Lipinski definition) is 4. The zero-order valence-electron chi connectivity index (χ0n) is 16.5. The Morgan fingerprint density at radius 3 is 2.81 bits per heavy atom. The minimum atomic E-state index is 0. The van der Waals surface area contributed by atoms with Gasteiger partial charge in [0.25, 0.3) is 0 Å². The molecule has 1 aliphatic rings. The van der Waals surface area contributed by atoms with Crippen molar-refractivity contribution in [2.45, 2.75) is 38.5 Å². The SMILES string of the molecule is CCNC(=NCCCOC1CCOC1)NCCSCc1ccc(C)cc1.I. The lowest BCUT2D eigenvalue weighted by Crippen LogP contribution is -2.38. The molecule has 0 bridgehead atoms. The molecule has 1 aromatic rings. The summed E-state index contributed by atoms with van der Waals surface area (Å²) >= 11 is 1.94. The van der Waals surface area contributed by atoms with Gasteiger partial charge in [-0.1, -0.05) is 29.8 Å². The third-order valence-electron chi connectivity index (χ3n) is 4.09. The highest BCUT2D eigenvalue weighted by Crippen LogP contribution is 2.12. The van der Waals surface area contributed by atoms with E-state index in [2.05, 4.69) is 53.7 Å². The van der Waals surface area contributed by atoms with Crippen LogP contribution in [0.1, 0.15) is 30.9 Å². The summed E-state index contributed by atoms with van der Waals surface area (Å²) in [5.74, 6) is 3.01. The number of hydrogen-bond donors (Lipinski definition) is 2. The number of halogens is 1. The largest absolute Gasteiger partial charge is 0.379 e. The van der Waals surface area contributed by atoms with Crippen molar-refractivity contribution in [3.05, 3.63) is 35.4 Å². The second kappa shape index (κ2) is 15.4. The van der Waals surface area contributed by atoms with Crippen molar-refractivity contribution in [2.24, 2.45) is 4.99 Å². The van der Waals surface area contributed by atoms with E-state index < -0.39 is 0 Å². The van der Waals surface area contributed by atoms with Gasteiger partial charge in [0.2, 0.25) is 0 Å².